The predicted molar refractivity (Wildman–Crippen MR) is 151 cm³/mol. The number of ketones is 1. The summed E-state index contributed by atoms with van der Waals surface area (Å²) >= 11 is 0. The molecule has 0 amide bonds. The van der Waals surface area contributed by atoms with Crippen molar-refractivity contribution in [1.29, 1.82) is 0 Å². The summed E-state index contributed by atoms with van der Waals surface area (Å²) in [4.78, 5) is 13.7. The maximum Gasteiger partial charge on any atom is 0.456 e. The van der Waals surface area contributed by atoms with E-state index in [0.29, 0.717) is 37.3 Å². The fraction of sp³-hybridized carbons (Fsp3) is 0.967. The van der Waals surface area contributed by atoms with E-state index in [4.69, 9.17) is 15.1 Å². The van der Waals surface area contributed by atoms with E-state index >= 15 is 0 Å². The van der Waals surface area contributed by atoms with Gasteiger partial charge in [0.1, 0.15) is 0 Å². The van der Waals surface area contributed by atoms with Gasteiger partial charge in [-0.1, -0.05) is 104 Å². The van der Waals surface area contributed by atoms with Crippen LogP contribution in [0, 0.1) is 23.2 Å². The van der Waals surface area contributed by atoms with Crippen molar-refractivity contribution >= 4 is 13.5 Å². The molecule has 3 saturated carbocycles. The number of carbonyl (C=O) groups excluding carboxylic acids is 1. The Balaban J connectivity index is 1.31. The molecule has 208 valence electrons. The number of hydrogen-bond acceptors (Lipinski definition) is 5. The summed E-state index contributed by atoms with van der Waals surface area (Å²) in [6, 6.07) is -0.333. The molecule has 2 bridgehead atoms. The minimum Gasteiger partial charge on any atom is -0.410 e. The van der Waals surface area contributed by atoms with Crippen LogP contribution in [0.5, 0.6) is 0 Å². The Morgan fingerprint density at radius 1 is 0.917 bits per heavy atom. The lowest BCUT2D eigenvalue weighted by Crippen LogP contribution is -2.47. The number of rotatable bonds is 11. The second-order valence-corrected chi connectivity index (χ2v) is 12.6. The van der Waals surface area contributed by atoms with Crippen molar-refractivity contribution in [1.82, 2.24) is 5.48 Å². The summed E-state index contributed by atoms with van der Waals surface area (Å²) in [6.45, 7) is 5.38. The van der Waals surface area contributed by atoms with E-state index in [0.717, 1.165) is 38.6 Å². The molecule has 0 aromatic heterocycles. The number of nitrogens with two attached hydrogens (primary N) is 1. The maximum atomic E-state index is 13.7. The van der Waals surface area contributed by atoms with Crippen LogP contribution < -0.4 is 11.2 Å². The van der Waals surface area contributed by atoms with E-state index < -0.39 is 0 Å². The lowest BCUT2D eigenvalue weighted by atomic mass is 9.66. The average Bonchev–Trinajstić information content (AvgIpc) is 3.12. The van der Waals surface area contributed by atoms with E-state index in [1.807, 2.05) is 0 Å². The van der Waals surface area contributed by atoms with Gasteiger partial charge in [0.15, 0.2) is 5.78 Å². The van der Waals surface area contributed by atoms with Crippen molar-refractivity contribution in [2.45, 2.75) is 154 Å². The summed E-state index contributed by atoms with van der Waals surface area (Å²) < 4.78 is 11.5. The Hall–Kier alpha value is -0.425. The van der Waals surface area contributed by atoms with E-state index in [1.165, 1.54) is 96.3 Å². The normalized spacial score (nSPS) is 32.0. The van der Waals surface area contributed by atoms with E-state index in [1.54, 1.807) is 0 Å². The molecule has 5 unspecified atom stereocenters. The first-order valence-corrected chi connectivity index (χ1v) is 15.8. The van der Waals surface area contributed by atoms with Gasteiger partial charge in [-0.3, -0.25) is 4.79 Å². The molecule has 5 nitrogen and oxygen atoms in total. The zero-order chi connectivity index (χ0) is 25.6. The van der Waals surface area contributed by atoms with Gasteiger partial charge in [0.05, 0.1) is 6.04 Å². The smallest absolute Gasteiger partial charge is 0.410 e. The third-order valence-corrected chi connectivity index (χ3v) is 10.1. The molecule has 3 aliphatic carbocycles. The molecule has 0 aliphatic heterocycles. The number of hydroxylamine groups is 1. The van der Waals surface area contributed by atoms with Crippen LogP contribution in [-0.4, -0.2) is 32.2 Å². The summed E-state index contributed by atoms with van der Waals surface area (Å²) in [5.41, 5.74) is 9.35. The van der Waals surface area contributed by atoms with Gasteiger partial charge >= 0.3 is 7.69 Å². The first-order chi connectivity index (χ1) is 17.5. The Morgan fingerprint density at radius 2 is 1.50 bits per heavy atom. The first kappa shape index (κ1) is 30.1. The maximum absolute atomic E-state index is 13.7. The third-order valence-electron chi connectivity index (χ3n) is 10.1. The number of hydrogen-bond donors (Lipinski definition) is 2. The minimum absolute atomic E-state index is 0.234. The quantitative estimate of drug-likeness (QED) is 0.184. The van der Waals surface area contributed by atoms with E-state index in [2.05, 4.69) is 19.3 Å². The van der Waals surface area contributed by atoms with Gasteiger partial charge in [0, 0.05) is 18.1 Å². The highest BCUT2D eigenvalue weighted by Crippen LogP contribution is 2.55. The monoisotopic (exact) mass is 504 g/mol. The SMILES string of the molecule is CC1C2CCCCCCCC(C2)C1(C)C(=O)C(N)CCCCNOBOC1CCCCCCCCC1. The summed E-state index contributed by atoms with van der Waals surface area (Å²) in [6.07, 6.45) is 25.1. The zero-order valence-corrected chi connectivity index (χ0v) is 23.7. The van der Waals surface area contributed by atoms with E-state index in [-0.39, 0.29) is 11.5 Å². The largest absolute Gasteiger partial charge is 0.456 e. The molecule has 3 rings (SSSR count). The van der Waals surface area contributed by atoms with Crippen LogP contribution in [0.15, 0.2) is 0 Å². The van der Waals surface area contributed by atoms with Crippen LogP contribution in [-0.2, 0) is 14.2 Å². The van der Waals surface area contributed by atoms with Crippen molar-refractivity contribution < 1.29 is 14.2 Å². The van der Waals surface area contributed by atoms with Gasteiger partial charge in [0.2, 0.25) is 0 Å². The molecule has 3 N–H and O–H groups in total. The first-order valence-electron chi connectivity index (χ1n) is 15.8. The molecule has 0 aromatic rings. The van der Waals surface area contributed by atoms with Crippen LogP contribution in [0.25, 0.3) is 0 Å². The molecule has 0 spiro atoms. The van der Waals surface area contributed by atoms with Gasteiger partial charge in [-0.2, -0.15) is 0 Å². The second kappa shape index (κ2) is 16.5. The molecule has 3 aliphatic rings. The van der Waals surface area contributed by atoms with E-state index in [9.17, 15) is 4.79 Å². The fourth-order valence-corrected chi connectivity index (χ4v) is 7.49. The Labute approximate surface area is 223 Å². The molecule has 3 fully saturated rings. The molecule has 0 heterocycles. The topological polar surface area (TPSA) is 73.6 Å². The highest BCUT2D eigenvalue weighted by atomic mass is 16.7. The lowest BCUT2D eigenvalue weighted by Gasteiger charge is -2.37. The molecule has 0 radical (unpaired) electrons. The number of unbranched alkanes of at least 4 members (excludes halogenated alkanes) is 1. The average molecular weight is 505 g/mol. The minimum atomic E-state index is -0.333. The Bertz CT molecular complexity index is 611. The summed E-state index contributed by atoms with van der Waals surface area (Å²) in [5.74, 6) is 2.02. The van der Waals surface area contributed by atoms with Gasteiger partial charge < -0.3 is 15.1 Å². The van der Waals surface area contributed by atoms with Gasteiger partial charge in [-0.25, -0.2) is 5.48 Å². The summed E-state index contributed by atoms with van der Waals surface area (Å²) in [7, 11) is 0.321. The molecule has 5 atom stereocenters. The van der Waals surface area contributed by atoms with Gasteiger partial charge in [0.25, 0.3) is 0 Å². The number of Topliss-reactive ketones (excluding diaryl/α,β-unsaturated/α-hetero) is 1. The van der Waals surface area contributed by atoms with Gasteiger partial charge in [-0.15, -0.1) is 0 Å². The van der Waals surface area contributed by atoms with Crippen molar-refractivity contribution in [3.05, 3.63) is 0 Å². The molecule has 6 heteroatoms. The Morgan fingerprint density at radius 3 is 2.17 bits per heavy atom. The highest BCUT2D eigenvalue weighted by Gasteiger charge is 2.54. The van der Waals surface area contributed by atoms with Crippen LogP contribution in [0.3, 0.4) is 0 Å². The molecular weight excluding hydrogens is 447 g/mol. The van der Waals surface area contributed by atoms with Crippen LogP contribution in [0.1, 0.15) is 142 Å². The zero-order valence-electron chi connectivity index (χ0n) is 23.7. The number of nitrogens with one attached hydrogen (secondary N) is 1. The van der Waals surface area contributed by atoms with Gasteiger partial charge in [-0.05, 0) is 56.3 Å². The summed E-state index contributed by atoms with van der Waals surface area (Å²) in [5, 5.41) is 0. The van der Waals surface area contributed by atoms with Crippen molar-refractivity contribution in [3.63, 3.8) is 0 Å². The molecule has 0 aromatic carbocycles. The van der Waals surface area contributed by atoms with Crippen LogP contribution in [0.4, 0.5) is 0 Å². The lowest BCUT2D eigenvalue weighted by molar-refractivity contribution is -0.134. The fourth-order valence-electron chi connectivity index (χ4n) is 7.49. The van der Waals surface area contributed by atoms with Crippen LogP contribution in [0.2, 0.25) is 0 Å². The standard InChI is InChI=1S/C30H57BN2O3/c1-24-25-17-11-7-6-8-12-18-26(23-25)30(24,2)29(34)28(32)21-15-16-22-33-36-31-35-27-19-13-9-4-3-5-10-14-20-27/h24-28,31,33H,3-23,32H2,1-2H3. The number of fused-ring (bicyclic) bond motifs is 2. The van der Waals surface area contributed by atoms with Crippen molar-refractivity contribution in [2.24, 2.45) is 28.9 Å². The molecule has 36 heavy (non-hydrogen) atoms. The Kier molecular flexibility index (Phi) is 13.8. The van der Waals surface area contributed by atoms with Crippen LogP contribution >= 0.6 is 0 Å². The number of carbonyl (C=O) groups is 1. The second-order valence-electron chi connectivity index (χ2n) is 12.6. The molecular formula is C30H57BN2O3. The third kappa shape index (κ3) is 9.10. The van der Waals surface area contributed by atoms with Crippen molar-refractivity contribution in [2.75, 3.05) is 6.54 Å². The van der Waals surface area contributed by atoms with Crippen molar-refractivity contribution in [3.8, 4) is 0 Å². The highest BCUT2D eigenvalue weighted by molar-refractivity contribution is 6.17. The molecule has 0 saturated heterocycles. The predicted octanol–water partition coefficient (Wildman–Crippen LogP) is 6.77.